The lowest BCUT2D eigenvalue weighted by Gasteiger charge is -2.21. The number of unbranched alkanes of at least 4 members (excludes halogenated alkanes) is 18. The van der Waals surface area contributed by atoms with Crippen molar-refractivity contribution in [3.63, 3.8) is 0 Å². The molecule has 0 aliphatic heterocycles. The van der Waals surface area contributed by atoms with Gasteiger partial charge in [-0.3, -0.25) is 37.3 Å². The molecule has 0 saturated carbocycles. The first kappa shape index (κ1) is 98.4. The topological polar surface area (TPSA) is 237 Å². The van der Waals surface area contributed by atoms with Gasteiger partial charge in [0, 0.05) is 25.7 Å². The van der Waals surface area contributed by atoms with Crippen LogP contribution in [-0.2, 0) is 65.4 Å². The number of phosphoric ester groups is 2. The van der Waals surface area contributed by atoms with Crippen molar-refractivity contribution in [2.24, 2.45) is 0 Å². The lowest BCUT2D eigenvalue weighted by Crippen LogP contribution is -2.30. The van der Waals surface area contributed by atoms with Crippen molar-refractivity contribution in [3.05, 3.63) is 170 Å². The van der Waals surface area contributed by atoms with E-state index < -0.39 is 97.5 Å². The Morgan fingerprint density at radius 2 is 0.519 bits per heavy atom. The van der Waals surface area contributed by atoms with E-state index >= 15 is 0 Å². The molecule has 0 saturated heterocycles. The molecule has 5 unspecified atom stereocenters. The zero-order valence-corrected chi connectivity index (χ0v) is 66.2. The summed E-state index contributed by atoms with van der Waals surface area (Å²) in [4.78, 5) is 72.9. The Morgan fingerprint density at radius 1 is 0.279 bits per heavy atom. The van der Waals surface area contributed by atoms with Gasteiger partial charge in [-0.05, 0) is 161 Å². The van der Waals surface area contributed by atoms with E-state index in [1.54, 1.807) is 0 Å². The van der Waals surface area contributed by atoms with Crippen molar-refractivity contribution in [2.45, 2.75) is 303 Å². The predicted octanol–water partition coefficient (Wildman–Crippen LogP) is 23.0. The van der Waals surface area contributed by atoms with E-state index in [4.69, 9.17) is 37.0 Å². The number of carbonyl (C=O) groups is 4. The first-order valence-corrected chi connectivity index (χ1v) is 42.4. The van der Waals surface area contributed by atoms with Gasteiger partial charge in [-0.2, -0.15) is 0 Å². The van der Waals surface area contributed by atoms with Crippen molar-refractivity contribution in [1.29, 1.82) is 0 Å². The number of phosphoric acid groups is 2. The Kier molecular flexibility index (Phi) is 71.6. The molecule has 0 rings (SSSR count). The SMILES string of the molecule is CC/C=C\C/C=C\C/C=C\C/C=C\C/C=C\C/C=C\CCC(=O)OCC(COP(=O)(O)OCC(O)COP(=O)(O)OCC(COC(=O)CCCCCCCCC/C=C\C/C=C\C/C=C\CC)OC(=O)CCCC/C=C\C/C=C\C/C=C\C/C=C\CC)OC(=O)CCCCCCC/C=C\CCCCCC. The summed E-state index contributed by atoms with van der Waals surface area (Å²) in [6.45, 7) is 4.35. The van der Waals surface area contributed by atoms with Crippen LogP contribution in [0.2, 0.25) is 0 Å². The average Bonchev–Trinajstić information content (AvgIpc) is 0.939. The molecular formula is C85H138O17P2. The van der Waals surface area contributed by atoms with Gasteiger partial charge in [0.05, 0.1) is 26.4 Å². The van der Waals surface area contributed by atoms with E-state index in [2.05, 4.69) is 180 Å². The highest BCUT2D eigenvalue weighted by atomic mass is 31.2. The smallest absolute Gasteiger partial charge is 0.462 e. The van der Waals surface area contributed by atoms with Gasteiger partial charge in [-0.1, -0.05) is 268 Å². The predicted molar refractivity (Wildman–Crippen MR) is 426 cm³/mol. The Balaban J connectivity index is 5.47. The third-order valence-electron chi connectivity index (χ3n) is 15.7. The van der Waals surface area contributed by atoms with Gasteiger partial charge in [-0.15, -0.1) is 0 Å². The molecule has 0 aromatic rings. The van der Waals surface area contributed by atoms with Crippen molar-refractivity contribution in [3.8, 4) is 0 Å². The number of rotatable bonds is 72. The maximum Gasteiger partial charge on any atom is 0.472 e. The number of allylic oxidation sites excluding steroid dienone is 28. The van der Waals surface area contributed by atoms with E-state index in [1.165, 1.54) is 25.7 Å². The molecule has 17 nitrogen and oxygen atoms in total. The van der Waals surface area contributed by atoms with Gasteiger partial charge >= 0.3 is 39.5 Å². The fraction of sp³-hybridized carbons (Fsp3) is 0.624. The normalized spacial score (nSPS) is 14.8. The van der Waals surface area contributed by atoms with E-state index in [0.29, 0.717) is 38.5 Å². The molecule has 5 atom stereocenters. The standard InChI is InChI=1S/C85H138O17P2/c1-5-9-13-17-21-25-29-33-36-38-39-41-44-47-50-54-58-62-66-70-83(88)95-75-80(101-84(89)71-67-63-59-55-51-45-32-28-24-20-16-12-8-4)77-99-103(91,92)97-73-79(86)74-98-104(93,94)100-78-81(102-85(90)72-68-64-60-56-52-48-42-35-31-27-23-19-15-11-7-3)76-96-82(87)69-65-61-57-53-49-46-43-40-37-34-30-26-22-18-14-10-6-2/h9-11,13-15,21-23,25-28,32-37,39,41-42,47,50,52,56,58,62,79-81,86H,5-8,12,16-20,24,29-31,38,40,43-46,48-49,51,53-55,57,59-61,63-78H2,1-4H3,(H,91,92)(H,93,94)/b13-9-,14-10-,15-11-,25-21-,26-22-,27-23-,32-28-,36-33-,37-34-,41-39-,42-35-,50-47-,56-52-,62-58-. The summed E-state index contributed by atoms with van der Waals surface area (Å²) in [6.07, 6.45) is 89.3. The second kappa shape index (κ2) is 75.6. The number of carbonyl (C=O) groups excluding carboxylic acids is 4. The molecule has 0 aromatic carbocycles. The summed E-state index contributed by atoms with van der Waals surface area (Å²) in [5.74, 6) is -2.35. The van der Waals surface area contributed by atoms with Gasteiger partial charge in [-0.25, -0.2) is 9.13 Å². The van der Waals surface area contributed by atoms with Crippen LogP contribution in [0.1, 0.15) is 285 Å². The second-order valence-corrected chi connectivity index (χ2v) is 28.4. The van der Waals surface area contributed by atoms with Crippen molar-refractivity contribution >= 4 is 39.5 Å². The summed E-state index contributed by atoms with van der Waals surface area (Å²) < 4.78 is 68.4. The lowest BCUT2D eigenvalue weighted by atomic mass is 10.1. The zero-order valence-electron chi connectivity index (χ0n) is 64.4. The molecule has 590 valence electrons. The quantitative estimate of drug-likeness (QED) is 0.0169. The van der Waals surface area contributed by atoms with Crippen LogP contribution in [0.25, 0.3) is 0 Å². The Hall–Kier alpha value is -5.58. The summed E-state index contributed by atoms with van der Waals surface area (Å²) >= 11 is 0. The molecule has 0 fully saturated rings. The van der Waals surface area contributed by atoms with Gasteiger partial charge in [0.25, 0.3) is 0 Å². The molecule has 0 aliphatic carbocycles. The minimum Gasteiger partial charge on any atom is -0.462 e. The van der Waals surface area contributed by atoms with E-state index in [-0.39, 0.29) is 25.7 Å². The number of hydrogen-bond acceptors (Lipinski definition) is 15. The number of aliphatic hydroxyl groups is 1. The van der Waals surface area contributed by atoms with Crippen molar-refractivity contribution in [1.82, 2.24) is 0 Å². The molecule has 3 N–H and O–H groups in total. The highest BCUT2D eigenvalue weighted by molar-refractivity contribution is 7.47. The van der Waals surface area contributed by atoms with Crippen molar-refractivity contribution < 1.29 is 80.2 Å². The number of hydrogen-bond donors (Lipinski definition) is 3. The molecule has 0 bridgehead atoms. The number of aliphatic hydroxyl groups excluding tert-OH is 1. The maximum atomic E-state index is 13.1. The fourth-order valence-electron chi connectivity index (χ4n) is 9.77. The fourth-order valence-corrected chi connectivity index (χ4v) is 11.4. The Bertz CT molecular complexity index is 2640. The van der Waals surface area contributed by atoms with Crippen LogP contribution >= 0.6 is 15.6 Å². The molecule has 0 aromatic heterocycles. The van der Waals surface area contributed by atoms with Crippen LogP contribution in [-0.4, -0.2) is 96.7 Å². The third kappa shape index (κ3) is 74.7. The summed E-state index contributed by atoms with van der Waals surface area (Å²) in [7, 11) is -10.0. The Labute approximate surface area is 629 Å². The minimum atomic E-state index is -5.00. The molecule has 0 amide bonds. The molecule has 0 heterocycles. The molecule has 104 heavy (non-hydrogen) atoms. The molecule has 0 aliphatic rings. The monoisotopic (exact) mass is 1490 g/mol. The van der Waals surface area contributed by atoms with Crippen LogP contribution in [0.15, 0.2) is 170 Å². The maximum absolute atomic E-state index is 13.1. The van der Waals surface area contributed by atoms with E-state index in [1.807, 2.05) is 18.2 Å². The first-order chi connectivity index (χ1) is 50.7. The largest absolute Gasteiger partial charge is 0.472 e. The van der Waals surface area contributed by atoms with E-state index in [9.17, 15) is 43.2 Å². The van der Waals surface area contributed by atoms with Gasteiger partial charge < -0.3 is 33.8 Å². The average molecular weight is 1490 g/mol. The lowest BCUT2D eigenvalue weighted by molar-refractivity contribution is -0.161. The first-order valence-electron chi connectivity index (χ1n) is 39.4. The molecule has 0 spiro atoms. The second-order valence-electron chi connectivity index (χ2n) is 25.5. The minimum absolute atomic E-state index is 0.0286. The van der Waals surface area contributed by atoms with Gasteiger partial charge in [0.1, 0.15) is 19.3 Å². The summed E-state index contributed by atoms with van der Waals surface area (Å²) in [5.41, 5.74) is 0. The Morgan fingerprint density at radius 3 is 0.856 bits per heavy atom. The molecular weight excluding hydrogens is 1350 g/mol. The summed E-state index contributed by atoms with van der Waals surface area (Å²) in [5, 5.41) is 10.6. The number of esters is 4. The number of ether oxygens (including phenoxy) is 4. The van der Waals surface area contributed by atoms with Crippen molar-refractivity contribution in [2.75, 3.05) is 39.6 Å². The summed E-state index contributed by atoms with van der Waals surface area (Å²) in [6, 6.07) is 0. The van der Waals surface area contributed by atoms with E-state index in [0.717, 1.165) is 167 Å². The van der Waals surface area contributed by atoms with Crippen LogP contribution in [0, 0.1) is 0 Å². The highest BCUT2D eigenvalue weighted by Crippen LogP contribution is 2.45. The van der Waals surface area contributed by atoms with Crippen LogP contribution in [0.4, 0.5) is 0 Å². The van der Waals surface area contributed by atoms with Gasteiger partial charge in [0.15, 0.2) is 12.2 Å². The van der Waals surface area contributed by atoms with Crippen LogP contribution in [0.3, 0.4) is 0 Å². The zero-order chi connectivity index (χ0) is 76.0. The molecule has 0 radical (unpaired) electrons. The van der Waals surface area contributed by atoms with Gasteiger partial charge in [0.2, 0.25) is 0 Å². The third-order valence-corrected chi connectivity index (χ3v) is 17.6. The van der Waals surface area contributed by atoms with Crippen LogP contribution < -0.4 is 0 Å². The highest BCUT2D eigenvalue weighted by Gasteiger charge is 2.30. The molecule has 19 heteroatoms. The van der Waals surface area contributed by atoms with Crippen LogP contribution in [0.5, 0.6) is 0 Å².